The Morgan fingerprint density at radius 3 is 2.11 bits per heavy atom. The third-order valence-corrected chi connectivity index (χ3v) is 5.93. The number of rotatable bonds is 8. The molecule has 7 heteroatoms. The smallest absolute Gasteiger partial charge is 0.280 e. The maximum atomic E-state index is 13.6. The Kier molecular flexibility index (Phi) is 6.91. The molecular weight excluding hydrogens is 450 g/mol. The summed E-state index contributed by atoms with van der Waals surface area (Å²) >= 11 is 0. The first-order chi connectivity index (χ1) is 17.7. The van der Waals surface area contributed by atoms with E-state index in [4.69, 9.17) is 0 Å². The molecule has 36 heavy (non-hydrogen) atoms. The molecule has 0 saturated heterocycles. The fourth-order valence-corrected chi connectivity index (χ4v) is 4.22. The summed E-state index contributed by atoms with van der Waals surface area (Å²) in [6, 6.07) is 31.2. The van der Waals surface area contributed by atoms with Gasteiger partial charge in [0.2, 0.25) is 0 Å². The molecule has 0 fully saturated rings. The van der Waals surface area contributed by atoms with E-state index in [-0.39, 0.29) is 11.6 Å². The minimum atomic E-state index is -0.422. The number of aromatic nitrogens is 1. The van der Waals surface area contributed by atoms with Crippen molar-refractivity contribution in [2.75, 3.05) is 11.6 Å². The Morgan fingerprint density at radius 2 is 1.47 bits per heavy atom. The number of para-hydroxylation sites is 1. The normalized spacial score (nSPS) is 13.8. The van der Waals surface area contributed by atoms with Crippen LogP contribution in [0.25, 0.3) is 0 Å². The van der Waals surface area contributed by atoms with E-state index in [9.17, 15) is 9.59 Å². The predicted molar refractivity (Wildman–Crippen MR) is 139 cm³/mol. The van der Waals surface area contributed by atoms with Crippen LogP contribution in [-0.4, -0.2) is 34.1 Å². The van der Waals surface area contributed by atoms with Crippen molar-refractivity contribution in [3.63, 3.8) is 0 Å². The summed E-state index contributed by atoms with van der Waals surface area (Å²) in [5.41, 5.74) is 6.87. The molecule has 0 unspecified atom stereocenters. The van der Waals surface area contributed by atoms with Crippen molar-refractivity contribution in [1.82, 2.24) is 15.3 Å². The lowest BCUT2D eigenvalue weighted by atomic mass is 10.1. The van der Waals surface area contributed by atoms with Gasteiger partial charge in [0.25, 0.3) is 11.8 Å². The Balaban J connectivity index is 1.40. The molecule has 0 bridgehead atoms. The number of carbonyl (C=O) groups is 2. The fourth-order valence-electron chi connectivity index (χ4n) is 4.22. The minimum Gasteiger partial charge on any atom is -0.293 e. The van der Waals surface area contributed by atoms with Gasteiger partial charge in [-0.25, -0.2) is 5.43 Å². The van der Waals surface area contributed by atoms with E-state index in [0.29, 0.717) is 30.9 Å². The van der Waals surface area contributed by atoms with Crippen LogP contribution in [0, 0.1) is 0 Å². The molecule has 0 radical (unpaired) electrons. The van der Waals surface area contributed by atoms with Crippen LogP contribution in [0.1, 0.15) is 27.0 Å². The molecule has 0 atom stereocenters. The molecule has 4 aromatic rings. The molecular formula is C29H25N5O2. The van der Waals surface area contributed by atoms with Crippen molar-refractivity contribution >= 4 is 23.2 Å². The van der Waals surface area contributed by atoms with Gasteiger partial charge in [-0.2, -0.15) is 5.10 Å². The fraction of sp³-hybridized carbons (Fsp3) is 0.103. The Bertz CT molecular complexity index is 1330. The number of carbonyl (C=O) groups excluding carboxylic acids is 2. The average molecular weight is 476 g/mol. The molecule has 1 N–H and O–H groups in total. The van der Waals surface area contributed by atoms with E-state index in [2.05, 4.69) is 44.7 Å². The number of hydrogen-bond acceptors (Lipinski definition) is 5. The number of hydrazone groups is 1. The number of benzene rings is 3. The number of nitrogens with zero attached hydrogens (tertiary/aromatic N) is 4. The van der Waals surface area contributed by atoms with Gasteiger partial charge in [-0.05, 0) is 29.3 Å². The molecule has 178 valence electrons. The molecule has 1 aliphatic rings. The maximum absolute atomic E-state index is 13.6. The average Bonchev–Trinajstić information content (AvgIpc) is 3.19. The van der Waals surface area contributed by atoms with Crippen LogP contribution in [0.2, 0.25) is 0 Å². The number of anilines is 1. The molecule has 1 aromatic heterocycles. The molecule has 7 nitrogen and oxygen atoms in total. The molecule has 0 saturated carbocycles. The summed E-state index contributed by atoms with van der Waals surface area (Å²) in [6.45, 7) is 1.72. The second kappa shape index (κ2) is 10.8. The second-order valence-electron chi connectivity index (χ2n) is 8.49. The van der Waals surface area contributed by atoms with Crippen molar-refractivity contribution in [3.8, 4) is 0 Å². The largest absolute Gasteiger partial charge is 0.293 e. The maximum Gasteiger partial charge on any atom is 0.280 e. The summed E-state index contributed by atoms with van der Waals surface area (Å²) < 4.78 is 0. The van der Waals surface area contributed by atoms with Crippen LogP contribution >= 0.6 is 0 Å². The lowest BCUT2D eigenvalue weighted by Gasteiger charge is -2.28. The van der Waals surface area contributed by atoms with Crippen LogP contribution < -0.4 is 10.3 Å². The Morgan fingerprint density at radius 1 is 0.833 bits per heavy atom. The van der Waals surface area contributed by atoms with Crippen LogP contribution in [-0.2, 0) is 17.9 Å². The van der Waals surface area contributed by atoms with Crippen LogP contribution in [0.15, 0.2) is 115 Å². The van der Waals surface area contributed by atoms with Crippen molar-refractivity contribution in [3.05, 3.63) is 132 Å². The van der Waals surface area contributed by atoms with Gasteiger partial charge >= 0.3 is 0 Å². The first-order valence-electron chi connectivity index (χ1n) is 11.7. The van der Waals surface area contributed by atoms with Crippen molar-refractivity contribution in [2.24, 2.45) is 5.10 Å². The van der Waals surface area contributed by atoms with Crippen LogP contribution in [0.5, 0.6) is 0 Å². The number of pyridine rings is 1. The van der Waals surface area contributed by atoms with Gasteiger partial charge in [-0.1, -0.05) is 78.9 Å². The number of fused-ring (bicyclic) bond motifs is 1. The number of nitrogens with one attached hydrogen (secondary N) is 1. The highest BCUT2D eigenvalue weighted by molar-refractivity contribution is 6.54. The van der Waals surface area contributed by atoms with Crippen molar-refractivity contribution < 1.29 is 9.59 Å². The molecule has 5 rings (SSSR count). The zero-order valence-corrected chi connectivity index (χ0v) is 19.6. The van der Waals surface area contributed by atoms with Gasteiger partial charge in [-0.15, -0.1) is 0 Å². The third kappa shape index (κ3) is 5.21. The van der Waals surface area contributed by atoms with Gasteiger partial charge in [-0.3, -0.25) is 24.4 Å². The zero-order chi connectivity index (χ0) is 24.7. The summed E-state index contributed by atoms with van der Waals surface area (Å²) in [5, 5.41) is 4.23. The van der Waals surface area contributed by atoms with Gasteiger partial charge in [0, 0.05) is 31.0 Å². The minimum absolute atomic E-state index is 0.210. The van der Waals surface area contributed by atoms with Crippen molar-refractivity contribution in [2.45, 2.75) is 13.1 Å². The van der Waals surface area contributed by atoms with Gasteiger partial charge in [0.05, 0.1) is 17.9 Å². The Labute approximate surface area is 209 Å². The van der Waals surface area contributed by atoms with Crippen LogP contribution in [0.4, 0.5) is 5.69 Å². The first kappa shape index (κ1) is 23.1. The van der Waals surface area contributed by atoms with E-state index in [1.54, 1.807) is 23.2 Å². The van der Waals surface area contributed by atoms with Gasteiger partial charge < -0.3 is 0 Å². The quantitative estimate of drug-likeness (QED) is 0.387. The SMILES string of the molecule is O=C(NN=C1C(=O)N(CN(Cc2ccccc2)Cc2ccccc2)c2ccccc21)c1cccnc1. The lowest BCUT2D eigenvalue weighted by molar-refractivity contribution is -0.112. The van der Waals surface area contributed by atoms with E-state index >= 15 is 0 Å². The van der Waals surface area contributed by atoms with Crippen molar-refractivity contribution in [1.29, 1.82) is 0 Å². The van der Waals surface area contributed by atoms with Gasteiger partial charge in [0.1, 0.15) is 0 Å². The predicted octanol–water partition coefficient (Wildman–Crippen LogP) is 4.22. The van der Waals surface area contributed by atoms with Crippen LogP contribution in [0.3, 0.4) is 0 Å². The molecule has 0 aliphatic carbocycles. The molecule has 0 spiro atoms. The van der Waals surface area contributed by atoms with E-state index in [0.717, 1.165) is 16.8 Å². The topological polar surface area (TPSA) is 77.9 Å². The summed E-state index contributed by atoms with van der Waals surface area (Å²) in [7, 11) is 0. The van der Waals surface area contributed by atoms with E-state index in [1.807, 2.05) is 60.7 Å². The highest BCUT2D eigenvalue weighted by Crippen LogP contribution is 2.29. The Hall–Kier alpha value is -4.62. The third-order valence-electron chi connectivity index (χ3n) is 5.93. The molecule has 2 amide bonds. The molecule has 3 aromatic carbocycles. The second-order valence-corrected chi connectivity index (χ2v) is 8.49. The lowest BCUT2D eigenvalue weighted by Crippen LogP contribution is -2.41. The highest BCUT2D eigenvalue weighted by atomic mass is 16.2. The molecule has 2 heterocycles. The van der Waals surface area contributed by atoms with E-state index < -0.39 is 5.91 Å². The number of hydrogen-bond donors (Lipinski definition) is 1. The summed E-state index contributed by atoms with van der Waals surface area (Å²) in [6.07, 6.45) is 3.05. The number of amides is 2. The highest BCUT2D eigenvalue weighted by Gasteiger charge is 2.35. The standard InChI is InChI=1S/C29H25N5O2/c35-28(24-14-9-17-30-18-24)32-31-27-25-15-7-8-16-26(25)34(29(27)36)21-33(19-22-10-3-1-4-11-22)20-23-12-5-2-6-13-23/h1-18H,19-21H2,(H,32,35). The summed E-state index contributed by atoms with van der Waals surface area (Å²) in [5.74, 6) is -0.678. The zero-order valence-electron chi connectivity index (χ0n) is 19.6. The van der Waals surface area contributed by atoms with E-state index in [1.165, 1.54) is 6.20 Å². The first-order valence-corrected chi connectivity index (χ1v) is 11.7. The van der Waals surface area contributed by atoms with Gasteiger partial charge in [0.15, 0.2) is 5.71 Å². The summed E-state index contributed by atoms with van der Waals surface area (Å²) in [4.78, 5) is 33.9. The monoisotopic (exact) mass is 475 g/mol. The molecule has 1 aliphatic heterocycles.